The van der Waals surface area contributed by atoms with Crippen LogP contribution in [0.1, 0.15) is 41.8 Å². The Labute approximate surface area is 146 Å². The standard InChI is InChI=1S/C18H22N2O5/c1-5-18(4)16(23)20(17(24)19-18)9-15(22)25-10-14(21)13-7-6-11(2)8-12(13)3/h6-8H,5,9-10H2,1-4H3,(H,19,24)/t18-/m0/s1. The fourth-order valence-corrected chi connectivity index (χ4v) is 2.66. The van der Waals surface area contributed by atoms with Crippen LogP contribution in [0, 0.1) is 13.8 Å². The maximum atomic E-state index is 12.2. The summed E-state index contributed by atoms with van der Waals surface area (Å²) >= 11 is 0. The van der Waals surface area contributed by atoms with E-state index in [1.54, 1.807) is 32.9 Å². The molecule has 7 nitrogen and oxygen atoms in total. The van der Waals surface area contributed by atoms with E-state index in [0.717, 1.165) is 16.0 Å². The van der Waals surface area contributed by atoms with Gasteiger partial charge in [0.1, 0.15) is 12.1 Å². The maximum absolute atomic E-state index is 12.2. The van der Waals surface area contributed by atoms with E-state index in [2.05, 4.69) is 5.32 Å². The molecule has 0 spiro atoms. The second-order valence-corrected chi connectivity index (χ2v) is 6.41. The first-order chi connectivity index (χ1) is 11.7. The number of ketones is 1. The number of carbonyl (C=O) groups excluding carboxylic acids is 4. The molecule has 0 bridgehead atoms. The minimum absolute atomic E-state index is 0.332. The van der Waals surface area contributed by atoms with Crippen LogP contribution in [0.3, 0.4) is 0 Å². The predicted molar refractivity (Wildman–Crippen MR) is 90.1 cm³/mol. The van der Waals surface area contributed by atoms with E-state index >= 15 is 0 Å². The molecule has 0 saturated carbocycles. The van der Waals surface area contributed by atoms with Crippen LogP contribution in [0.5, 0.6) is 0 Å². The van der Waals surface area contributed by atoms with Gasteiger partial charge < -0.3 is 10.1 Å². The molecule has 1 atom stereocenters. The highest BCUT2D eigenvalue weighted by Gasteiger charge is 2.47. The molecule has 7 heteroatoms. The Morgan fingerprint density at radius 2 is 1.92 bits per heavy atom. The van der Waals surface area contributed by atoms with Gasteiger partial charge >= 0.3 is 12.0 Å². The summed E-state index contributed by atoms with van der Waals surface area (Å²) in [6, 6.07) is 4.73. The molecule has 1 saturated heterocycles. The van der Waals surface area contributed by atoms with Gasteiger partial charge in [-0.25, -0.2) is 4.79 Å². The second kappa shape index (κ2) is 7.04. The molecule has 2 rings (SSSR count). The van der Waals surface area contributed by atoms with E-state index in [9.17, 15) is 19.2 Å². The number of Topliss-reactive ketones (excluding diaryl/α,β-unsaturated/α-hetero) is 1. The molecule has 0 aliphatic carbocycles. The number of aryl methyl sites for hydroxylation is 2. The van der Waals surface area contributed by atoms with Crippen LogP contribution in [0.15, 0.2) is 18.2 Å². The number of imide groups is 1. The van der Waals surface area contributed by atoms with Crippen molar-refractivity contribution < 1.29 is 23.9 Å². The van der Waals surface area contributed by atoms with Gasteiger partial charge in [0.15, 0.2) is 6.61 Å². The highest BCUT2D eigenvalue weighted by molar-refractivity contribution is 6.08. The van der Waals surface area contributed by atoms with Crippen molar-refractivity contribution in [3.63, 3.8) is 0 Å². The molecule has 1 aromatic rings. The van der Waals surface area contributed by atoms with Crippen molar-refractivity contribution in [2.45, 2.75) is 39.7 Å². The number of urea groups is 1. The molecule has 1 fully saturated rings. The first-order valence-electron chi connectivity index (χ1n) is 8.08. The van der Waals surface area contributed by atoms with Crippen LogP contribution in [-0.2, 0) is 14.3 Å². The lowest BCUT2D eigenvalue weighted by Crippen LogP contribution is -2.43. The Balaban J connectivity index is 1.94. The summed E-state index contributed by atoms with van der Waals surface area (Å²) in [6.45, 7) is 6.15. The molecular weight excluding hydrogens is 324 g/mol. The van der Waals surface area contributed by atoms with Gasteiger partial charge in [-0.1, -0.05) is 30.7 Å². The summed E-state index contributed by atoms with van der Waals surface area (Å²) in [5, 5.41) is 2.55. The van der Waals surface area contributed by atoms with Gasteiger partial charge in [0.2, 0.25) is 5.78 Å². The number of hydrogen-bond acceptors (Lipinski definition) is 5. The quantitative estimate of drug-likeness (QED) is 0.481. The van der Waals surface area contributed by atoms with Crippen molar-refractivity contribution in [3.05, 3.63) is 34.9 Å². The van der Waals surface area contributed by atoms with E-state index in [1.807, 2.05) is 13.0 Å². The number of nitrogens with zero attached hydrogens (tertiary/aromatic N) is 1. The third kappa shape index (κ3) is 3.87. The van der Waals surface area contributed by atoms with Gasteiger partial charge in [0, 0.05) is 5.56 Å². The Hall–Kier alpha value is -2.70. The van der Waals surface area contributed by atoms with Gasteiger partial charge in [-0.05, 0) is 32.8 Å². The first kappa shape index (κ1) is 18.6. The lowest BCUT2D eigenvalue weighted by molar-refractivity contribution is -0.146. The van der Waals surface area contributed by atoms with E-state index < -0.39 is 36.6 Å². The lowest BCUT2D eigenvalue weighted by atomic mass is 9.99. The van der Waals surface area contributed by atoms with Crippen LogP contribution >= 0.6 is 0 Å². The molecule has 1 aliphatic rings. The average Bonchev–Trinajstić information content (AvgIpc) is 2.76. The summed E-state index contributed by atoms with van der Waals surface area (Å²) in [6.07, 6.45) is 0.411. The monoisotopic (exact) mass is 346 g/mol. The van der Waals surface area contributed by atoms with Gasteiger partial charge in [-0.2, -0.15) is 0 Å². The fourth-order valence-electron chi connectivity index (χ4n) is 2.66. The SMILES string of the molecule is CC[C@]1(C)NC(=O)N(CC(=O)OCC(=O)c2ccc(C)cc2C)C1=O. The van der Waals surface area contributed by atoms with Crippen molar-refractivity contribution in [2.24, 2.45) is 0 Å². The molecule has 25 heavy (non-hydrogen) atoms. The van der Waals surface area contributed by atoms with Crippen molar-refractivity contribution in [1.29, 1.82) is 0 Å². The maximum Gasteiger partial charge on any atom is 0.326 e. The van der Waals surface area contributed by atoms with Crippen molar-refractivity contribution >= 4 is 23.7 Å². The number of rotatable bonds is 6. The Morgan fingerprint density at radius 1 is 1.24 bits per heavy atom. The normalized spacial score (nSPS) is 19.8. The summed E-state index contributed by atoms with van der Waals surface area (Å²) in [4.78, 5) is 48.9. The summed E-state index contributed by atoms with van der Waals surface area (Å²) in [7, 11) is 0. The van der Waals surface area contributed by atoms with Crippen molar-refractivity contribution in [1.82, 2.24) is 10.2 Å². The van der Waals surface area contributed by atoms with E-state index in [1.165, 1.54) is 0 Å². The minimum Gasteiger partial charge on any atom is -0.456 e. The lowest BCUT2D eigenvalue weighted by Gasteiger charge is -2.18. The summed E-state index contributed by atoms with van der Waals surface area (Å²) < 4.78 is 4.94. The Bertz CT molecular complexity index is 743. The average molecular weight is 346 g/mol. The molecule has 1 heterocycles. The fraction of sp³-hybridized carbons (Fsp3) is 0.444. The van der Waals surface area contributed by atoms with Gasteiger partial charge in [0.05, 0.1) is 0 Å². The largest absolute Gasteiger partial charge is 0.456 e. The zero-order valence-electron chi connectivity index (χ0n) is 14.8. The van der Waals surface area contributed by atoms with Gasteiger partial charge in [-0.3, -0.25) is 19.3 Å². The van der Waals surface area contributed by atoms with Crippen LogP contribution in [0.25, 0.3) is 0 Å². The highest BCUT2D eigenvalue weighted by atomic mass is 16.5. The first-order valence-corrected chi connectivity index (χ1v) is 8.08. The number of esters is 1. The molecule has 134 valence electrons. The second-order valence-electron chi connectivity index (χ2n) is 6.41. The molecule has 1 N–H and O–H groups in total. The van der Waals surface area contributed by atoms with E-state index in [4.69, 9.17) is 4.74 Å². The number of ether oxygens (including phenoxy) is 1. The van der Waals surface area contributed by atoms with E-state index in [0.29, 0.717) is 12.0 Å². The van der Waals surface area contributed by atoms with Crippen molar-refractivity contribution in [3.8, 4) is 0 Å². The number of hydrogen-bond donors (Lipinski definition) is 1. The molecule has 3 amide bonds. The molecule has 0 radical (unpaired) electrons. The number of carbonyl (C=O) groups is 4. The molecule has 0 aromatic heterocycles. The van der Waals surface area contributed by atoms with Crippen LogP contribution < -0.4 is 5.32 Å². The zero-order chi connectivity index (χ0) is 18.8. The van der Waals surface area contributed by atoms with E-state index in [-0.39, 0.29) is 5.78 Å². The van der Waals surface area contributed by atoms with Crippen LogP contribution in [0.2, 0.25) is 0 Å². The third-order valence-electron chi connectivity index (χ3n) is 4.39. The zero-order valence-corrected chi connectivity index (χ0v) is 14.8. The summed E-state index contributed by atoms with van der Waals surface area (Å²) in [5.74, 6) is -1.61. The number of benzene rings is 1. The van der Waals surface area contributed by atoms with Crippen LogP contribution in [-0.4, -0.2) is 47.3 Å². The Morgan fingerprint density at radius 3 is 2.48 bits per heavy atom. The van der Waals surface area contributed by atoms with Gasteiger partial charge in [0.25, 0.3) is 5.91 Å². The molecule has 1 aromatic carbocycles. The topological polar surface area (TPSA) is 92.8 Å². The Kier molecular flexibility index (Phi) is 5.25. The molecular formula is C18H22N2O5. The molecule has 0 unspecified atom stereocenters. The highest BCUT2D eigenvalue weighted by Crippen LogP contribution is 2.20. The summed E-state index contributed by atoms with van der Waals surface area (Å²) in [5.41, 5.74) is 1.30. The minimum atomic E-state index is -1.01. The van der Waals surface area contributed by atoms with Crippen molar-refractivity contribution in [2.75, 3.05) is 13.2 Å². The molecule has 1 aliphatic heterocycles. The third-order valence-corrected chi connectivity index (χ3v) is 4.39. The van der Waals surface area contributed by atoms with Gasteiger partial charge in [-0.15, -0.1) is 0 Å². The number of amides is 3. The number of nitrogens with one attached hydrogen (secondary N) is 1. The predicted octanol–water partition coefficient (Wildman–Crippen LogP) is 1.75. The van der Waals surface area contributed by atoms with Crippen LogP contribution in [0.4, 0.5) is 4.79 Å². The smallest absolute Gasteiger partial charge is 0.326 e.